The average Bonchev–Trinajstić information content (AvgIpc) is 2.79. The van der Waals surface area contributed by atoms with Gasteiger partial charge in [-0.1, -0.05) is 45.0 Å². The van der Waals surface area contributed by atoms with Gasteiger partial charge in [0.2, 0.25) is 5.91 Å². The molecule has 0 bridgehead atoms. The summed E-state index contributed by atoms with van der Waals surface area (Å²) in [6, 6.07) is 11.9. The van der Waals surface area contributed by atoms with Gasteiger partial charge in [0.05, 0.1) is 0 Å². The number of nitrogens with zero attached hydrogens (tertiary/aromatic N) is 3. The zero-order valence-electron chi connectivity index (χ0n) is 19.2. The highest BCUT2D eigenvalue weighted by Gasteiger charge is 2.32. The molecule has 32 heavy (non-hydrogen) atoms. The van der Waals surface area contributed by atoms with Gasteiger partial charge in [-0.2, -0.15) is 0 Å². The van der Waals surface area contributed by atoms with E-state index in [0.29, 0.717) is 25.6 Å². The molecule has 6 nitrogen and oxygen atoms in total. The van der Waals surface area contributed by atoms with Gasteiger partial charge in [0.15, 0.2) is 0 Å². The topological polar surface area (TPSA) is 65.5 Å². The number of benzene rings is 1. The van der Waals surface area contributed by atoms with Gasteiger partial charge in [0.25, 0.3) is 0 Å². The van der Waals surface area contributed by atoms with Crippen LogP contribution in [0.15, 0.2) is 54.9 Å². The Hall–Kier alpha value is -3.15. The molecular weight excluding hydrogens is 400 g/mol. The highest BCUT2D eigenvalue weighted by molar-refractivity contribution is 5.90. The lowest BCUT2D eigenvalue weighted by atomic mass is 9.87. The van der Waals surface area contributed by atoms with Crippen LogP contribution in [-0.4, -0.2) is 52.9 Å². The number of hydrogen-bond donors (Lipinski definition) is 1. The lowest BCUT2D eigenvalue weighted by Crippen LogP contribution is -2.50. The van der Waals surface area contributed by atoms with Gasteiger partial charge in [-0.05, 0) is 47.7 Å². The molecule has 0 atom stereocenters. The normalized spacial score (nSPS) is 16.9. The first-order chi connectivity index (χ1) is 15.4. The van der Waals surface area contributed by atoms with Gasteiger partial charge in [-0.3, -0.25) is 9.78 Å². The molecule has 2 aliphatic heterocycles. The SMILES string of the molecule is CCC(C)(C)C(=O)N1CC=C(c2ccc(NC(=O)N3CC(c4cccnc4)C3)cc2)CC1. The highest BCUT2D eigenvalue weighted by Crippen LogP contribution is 2.29. The zero-order chi connectivity index (χ0) is 22.7. The molecule has 0 radical (unpaired) electrons. The molecule has 2 aromatic rings. The Morgan fingerprint density at radius 3 is 2.47 bits per heavy atom. The largest absolute Gasteiger partial charge is 0.338 e. The smallest absolute Gasteiger partial charge is 0.321 e. The summed E-state index contributed by atoms with van der Waals surface area (Å²) in [6.07, 6.45) is 7.48. The Balaban J connectivity index is 1.29. The van der Waals surface area contributed by atoms with E-state index in [0.717, 1.165) is 30.6 Å². The first-order valence-electron chi connectivity index (χ1n) is 11.4. The number of amides is 3. The van der Waals surface area contributed by atoms with Gasteiger partial charge >= 0.3 is 6.03 Å². The zero-order valence-corrected chi connectivity index (χ0v) is 19.2. The lowest BCUT2D eigenvalue weighted by Gasteiger charge is -2.39. The number of pyridine rings is 1. The Kier molecular flexibility index (Phi) is 6.31. The molecule has 2 aliphatic rings. The third kappa shape index (κ3) is 4.69. The minimum absolute atomic E-state index is 0.0672. The van der Waals surface area contributed by atoms with Gasteiger partial charge < -0.3 is 15.1 Å². The van der Waals surface area contributed by atoms with E-state index in [9.17, 15) is 9.59 Å². The van der Waals surface area contributed by atoms with Crippen molar-refractivity contribution in [1.82, 2.24) is 14.8 Å². The van der Waals surface area contributed by atoms with Crippen LogP contribution in [0.5, 0.6) is 0 Å². The van der Waals surface area contributed by atoms with E-state index in [2.05, 4.69) is 29.4 Å². The standard InChI is InChI=1S/C26H32N4O2/c1-4-26(2,3)24(31)29-14-11-20(12-15-29)19-7-9-23(10-8-19)28-25(32)30-17-22(18-30)21-6-5-13-27-16-21/h5-11,13,16,22H,4,12,14-15,17-18H2,1-3H3,(H,28,32). The minimum Gasteiger partial charge on any atom is -0.338 e. The molecule has 1 N–H and O–H groups in total. The van der Waals surface area contributed by atoms with Gasteiger partial charge in [-0.25, -0.2) is 4.79 Å². The average molecular weight is 433 g/mol. The number of urea groups is 1. The van der Waals surface area contributed by atoms with Crippen molar-refractivity contribution in [3.63, 3.8) is 0 Å². The van der Waals surface area contributed by atoms with Crippen molar-refractivity contribution in [2.75, 3.05) is 31.5 Å². The molecule has 3 amide bonds. The van der Waals surface area contributed by atoms with Crippen LogP contribution in [0.3, 0.4) is 0 Å². The van der Waals surface area contributed by atoms with E-state index in [-0.39, 0.29) is 17.4 Å². The fourth-order valence-corrected chi connectivity index (χ4v) is 4.14. The Morgan fingerprint density at radius 1 is 1.12 bits per heavy atom. The maximum Gasteiger partial charge on any atom is 0.321 e. The number of likely N-dealkylation sites (tertiary alicyclic amines) is 1. The van der Waals surface area contributed by atoms with Crippen molar-refractivity contribution in [3.05, 3.63) is 66.0 Å². The van der Waals surface area contributed by atoms with Crippen LogP contribution in [0.25, 0.3) is 5.57 Å². The molecule has 1 aromatic carbocycles. The molecular formula is C26H32N4O2. The Labute approximate surface area is 190 Å². The van der Waals surface area contributed by atoms with E-state index < -0.39 is 0 Å². The molecule has 6 heteroatoms. The molecule has 0 spiro atoms. The summed E-state index contributed by atoms with van der Waals surface area (Å²) in [4.78, 5) is 33.1. The molecule has 1 saturated heterocycles. The number of hydrogen-bond acceptors (Lipinski definition) is 3. The third-order valence-corrected chi connectivity index (χ3v) is 6.79. The number of aromatic nitrogens is 1. The highest BCUT2D eigenvalue weighted by atomic mass is 16.2. The predicted octanol–water partition coefficient (Wildman–Crippen LogP) is 4.76. The minimum atomic E-state index is -0.306. The van der Waals surface area contributed by atoms with Gasteiger partial charge in [0, 0.05) is 55.6 Å². The van der Waals surface area contributed by atoms with Crippen molar-refractivity contribution in [2.24, 2.45) is 5.41 Å². The van der Waals surface area contributed by atoms with Crippen LogP contribution in [0.2, 0.25) is 0 Å². The first-order valence-corrected chi connectivity index (χ1v) is 11.4. The van der Waals surface area contributed by atoms with E-state index in [1.807, 2.05) is 60.2 Å². The van der Waals surface area contributed by atoms with E-state index in [4.69, 9.17) is 0 Å². The van der Waals surface area contributed by atoms with Crippen molar-refractivity contribution in [2.45, 2.75) is 39.5 Å². The second-order valence-corrected chi connectivity index (χ2v) is 9.36. The summed E-state index contributed by atoms with van der Waals surface area (Å²) < 4.78 is 0. The van der Waals surface area contributed by atoms with Crippen LogP contribution in [0, 0.1) is 5.41 Å². The molecule has 4 rings (SSSR count). The second-order valence-electron chi connectivity index (χ2n) is 9.36. The third-order valence-electron chi connectivity index (χ3n) is 6.79. The maximum atomic E-state index is 12.7. The monoisotopic (exact) mass is 432 g/mol. The molecule has 3 heterocycles. The number of rotatable bonds is 5. The first kappa shape index (κ1) is 22.1. The van der Waals surface area contributed by atoms with Crippen molar-refractivity contribution in [3.8, 4) is 0 Å². The van der Waals surface area contributed by atoms with E-state index in [1.54, 1.807) is 6.20 Å². The van der Waals surface area contributed by atoms with Crippen LogP contribution >= 0.6 is 0 Å². The van der Waals surface area contributed by atoms with Crippen LogP contribution in [0.1, 0.15) is 50.7 Å². The van der Waals surface area contributed by atoms with Crippen molar-refractivity contribution in [1.29, 1.82) is 0 Å². The summed E-state index contributed by atoms with van der Waals surface area (Å²) in [6.45, 7) is 8.92. The van der Waals surface area contributed by atoms with Crippen LogP contribution in [0.4, 0.5) is 10.5 Å². The predicted molar refractivity (Wildman–Crippen MR) is 127 cm³/mol. The molecule has 0 aliphatic carbocycles. The summed E-state index contributed by atoms with van der Waals surface area (Å²) >= 11 is 0. The van der Waals surface area contributed by atoms with E-state index in [1.165, 1.54) is 11.1 Å². The molecule has 1 fully saturated rings. The number of carbonyl (C=O) groups excluding carboxylic acids is 2. The fourth-order valence-electron chi connectivity index (χ4n) is 4.14. The summed E-state index contributed by atoms with van der Waals surface area (Å²) in [5.74, 6) is 0.592. The number of nitrogens with one attached hydrogen (secondary N) is 1. The molecule has 168 valence electrons. The Morgan fingerprint density at radius 2 is 1.88 bits per heavy atom. The fraction of sp³-hybridized carbons (Fsp3) is 0.423. The Bertz CT molecular complexity index is 992. The summed E-state index contributed by atoms with van der Waals surface area (Å²) in [7, 11) is 0. The maximum absolute atomic E-state index is 12.7. The van der Waals surface area contributed by atoms with Crippen molar-refractivity contribution < 1.29 is 9.59 Å². The van der Waals surface area contributed by atoms with Crippen LogP contribution < -0.4 is 5.32 Å². The molecule has 1 aromatic heterocycles. The van der Waals surface area contributed by atoms with E-state index >= 15 is 0 Å². The summed E-state index contributed by atoms with van der Waals surface area (Å²) in [5, 5.41) is 2.99. The number of anilines is 1. The number of carbonyl (C=O) groups is 2. The summed E-state index contributed by atoms with van der Waals surface area (Å²) in [5.41, 5.74) is 4.06. The lowest BCUT2D eigenvalue weighted by molar-refractivity contribution is -0.140. The van der Waals surface area contributed by atoms with Crippen molar-refractivity contribution >= 4 is 23.2 Å². The van der Waals surface area contributed by atoms with Gasteiger partial charge in [-0.15, -0.1) is 0 Å². The molecule has 0 unspecified atom stereocenters. The molecule has 0 saturated carbocycles. The van der Waals surface area contributed by atoms with Crippen LogP contribution in [-0.2, 0) is 4.79 Å². The van der Waals surface area contributed by atoms with Gasteiger partial charge in [0.1, 0.15) is 0 Å². The second kappa shape index (κ2) is 9.15. The quantitative estimate of drug-likeness (QED) is 0.740.